The highest BCUT2D eigenvalue weighted by atomic mass is 32.2. The molecule has 0 atom stereocenters. The summed E-state index contributed by atoms with van der Waals surface area (Å²) in [4.78, 5) is 16.5. The number of carbonyl (C=O) groups excluding carboxylic acids is 1. The van der Waals surface area contributed by atoms with Crippen molar-refractivity contribution in [2.24, 2.45) is 10.1 Å². The van der Waals surface area contributed by atoms with Crippen LogP contribution in [-0.2, 0) is 11.2 Å². The number of allylic oxidation sites excluding steroid dienone is 1. The Balaban J connectivity index is 1.41. The first-order chi connectivity index (χ1) is 17.4. The number of hydrogen-bond acceptors (Lipinski definition) is 8. The number of ether oxygens (including phenoxy) is 4. The summed E-state index contributed by atoms with van der Waals surface area (Å²) in [7, 11) is 3.14. The first-order valence-electron chi connectivity index (χ1n) is 11.1. The number of hydrazone groups is 1. The van der Waals surface area contributed by atoms with Gasteiger partial charge in [-0.3, -0.25) is 10.2 Å². The van der Waals surface area contributed by atoms with Crippen LogP contribution in [0.3, 0.4) is 0 Å². The van der Waals surface area contributed by atoms with E-state index in [9.17, 15) is 4.79 Å². The minimum absolute atomic E-state index is 0.0151. The van der Waals surface area contributed by atoms with Gasteiger partial charge in [-0.15, -0.1) is 6.58 Å². The van der Waals surface area contributed by atoms with Crippen LogP contribution in [0.25, 0.3) is 6.08 Å². The number of amidine groups is 2. The number of aliphatic imine (C=N–C) groups is 1. The van der Waals surface area contributed by atoms with Crippen molar-refractivity contribution in [2.75, 3.05) is 27.4 Å². The fourth-order valence-corrected chi connectivity index (χ4v) is 4.31. The smallest absolute Gasteiger partial charge is 0.283 e. The molecule has 36 heavy (non-hydrogen) atoms. The molecule has 1 amide bonds. The molecule has 0 bridgehead atoms. The molecule has 9 nitrogen and oxygen atoms in total. The summed E-state index contributed by atoms with van der Waals surface area (Å²) in [5.74, 6) is 1.80. The molecule has 0 unspecified atom stereocenters. The van der Waals surface area contributed by atoms with Crippen LogP contribution in [0.1, 0.15) is 18.1 Å². The van der Waals surface area contributed by atoms with Crippen molar-refractivity contribution in [3.8, 4) is 23.0 Å². The van der Waals surface area contributed by atoms with E-state index in [0.29, 0.717) is 40.3 Å². The third kappa shape index (κ3) is 5.44. The molecular formula is C26H26N4O5S. The highest BCUT2D eigenvalue weighted by Crippen LogP contribution is 2.32. The monoisotopic (exact) mass is 506 g/mol. The van der Waals surface area contributed by atoms with Crippen molar-refractivity contribution in [1.29, 1.82) is 5.41 Å². The molecule has 0 radical (unpaired) electrons. The first kappa shape index (κ1) is 25.1. The van der Waals surface area contributed by atoms with Crippen LogP contribution >= 0.6 is 11.8 Å². The van der Waals surface area contributed by atoms with Crippen molar-refractivity contribution in [1.82, 2.24) is 5.01 Å². The second-order valence-electron chi connectivity index (χ2n) is 7.72. The molecule has 0 fully saturated rings. The van der Waals surface area contributed by atoms with Gasteiger partial charge in [0.05, 0.1) is 24.8 Å². The van der Waals surface area contributed by atoms with E-state index in [-0.39, 0.29) is 18.0 Å². The third-order valence-electron chi connectivity index (χ3n) is 5.26. The number of amides is 1. The summed E-state index contributed by atoms with van der Waals surface area (Å²) in [6.07, 6.45) is 4.18. The van der Waals surface area contributed by atoms with E-state index in [2.05, 4.69) is 16.7 Å². The van der Waals surface area contributed by atoms with Crippen molar-refractivity contribution in [2.45, 2.75) is 13.3 Å². The van der Waals surface area contributed by atoms with Gasteiger partial charge in [-0.1, -0.05) is 18.2 Å². The summed E-state index contributed by atoms with van der Waals surface area (Å²) in [6.45, 7) is 6.13. The Morgan fingerprint density at radius 1 is 1.03 bits per heavy atom. The molecule has 0 saturated heterocycles. The van der Waals surface area contributed by atoms with Gasteiger partial charge >= 0.3 is 0 Å². The average Bonchev–Trinajstić information content (AvgIpc) is 3.25. The van der Waals surface area contributed by atoms with Gasteiger partial charge in [0.25, 0.3) is 5.91 Å². The largest absolute Gasteiger partial charge is 0.493 e. The van der Waals surface area contributed by atoms with Gasteiger partial charge in [0.2, 0.25) is 5.17 Å². The lowest BCUT2D eigenvalue weighted by Crippen LogP contribution is -2.35. The van der Waals surface area contributed by atoms with Crippen LogP contribution in [0.4, 0.5) is 0 Å². The van der Waals surface area contributed by atoms with Gasteiger partial charge in [0.15, 0.2) is 28.8 Å². The zero-order valence-electron chi connectivity index (χ0n) is 20.2. The zero-order chi connectivity index (χ0) is 25.7. The van der Waals surface area contributed by atoms with Gasteiger partial charge in [0, 0.05) is 0 Å². The maximum Gasteiger partial charge on any atom is 0.283 e. The van der Waals surface area contributed by atoms with Crippen LogP contribution in [0.5, 0.6) is 23.0 Å². The number of nitrogens with zero attached hydrogens (tertiary/aromatic N) is 3. The maximum atomic E-state index is 12.5. The van der Waals surface area contributed by atoms with Gasteiger partial charge < -0.3 is 18.9 Å². The Morgan fingerprint density at radius 2 is 1.69 bits per heavy atom. The quantitative estimate of drug-likeness (QED) is 0.287. The van der Waals surface area contributed by atoms with E-state index < -0.39 is 5.91 Å². The lowest BCUT2D eigenvalue weighted by molar-refractivity contribution is -0.114. The minimum Gasteiger partial charge on any atom is -0.493 e. The number of nitrogens with one attached hydrogen (secondary N) is 1. The molecule has 2 aliphatic heterocycles. The molecule has 2 aromatic rings. The molecule has 1 N–H and O–H groups in total. The summed E-state index contributed by atoms with van der Waals surface area (Å²) >= 11 is 1.27. The van der Waals surface area contributed by atoms with E-state index in [4.69, 9.17) is 24.4 Å². The summed E-state index contributed by atoms with van der Waals surface area (Å²) in [6, 6.07) is 11.0. The minimum atomic E-state index is -0.479. The summed E-state index contributed by atoms with van der Waals surface area (Å²) < 4.78 is 22.6. The lowest BCUT2D eigenvalue weighted by Gasteiger charge is -2.20. The summed E-state index contributed by atoms with van der Waals surface area (Å²) in [5, 5.41) is 15.1. The predicted octanol–water partition coefficient (Wildman–Crippen LogP) is 4.53. The van der Waals surface area contributed by atoms with Crippen molar-refractivity contribution < 1.29 is 23.7 Å². The Labute approximate surface area is 213 Å². The van der Waals surface area contributed by atoms with Crippen LogP contribution in [0, 0.1) is 5.41 Å². The fourth-order valence-electron chi connectivity index (χ4n) is 3.58. The van der Waals surface area contributed by atoms with E-state index in [1.807, 2.05) is 24.3 Å². The van der Waals surface area contributed by atoms with Crippen molar-refractivity contribution in [3.63, 3.8) is 0 Å². The highest BCUT2D eigenvalue weighted by Gasteiger charge is 2.34. The Kier molecular flexibility index (Phi) is 7.74. The predicted molar refractivity (Wildman–Crippen MR) is 142 cm³/mol. The maximum absolute atomic E-state index is 12.5. The normalized spacial score (nSPS) is 15.9. The number of benzene rings is 2. The third-order valence-corrected chi connectivity index (χ3v) is 6.08. The van der Waals surface area contributed by atoms with Crippen LogP contribution in [-0.4, -0.2) is 54.4 Å². The molecule has 0 aromatic heterocycles. The van der Waals surface area contributed by atoms with Crippen molar-refractivity contribution in [3.05, 3.63) is 65.8 Å². The molecule has 2 aromatic carbocycles. The molecule has 186 valence electrons. The van der Waals surface area contributed by atoms with Gasteiger partial charge in [-0.05, 0) is 66.6 Å². The molecule has 0 aliphatic carbocycles. The van der Waals surface area contributed by atoms with Crippen LogP contribution in [0.2, 0.25) is 0 Å². The second-order valence-corrected chi connectivity index (χ2v) is 8.88. The lowest BCUT2D eigenvalue weighted by atomic mass is 10.1. The Bertz CT molecular complexity index is 1300. The van der Waals surface area contributed by atoms with Gasteiger partial charge in [0.1, 0.15) is 13.2 Å². The standard InChI is InChI=1S/C26H26N4O5S/c1-5-6-17-7-9-20(22(14-17)32-3)34-11-12-35-21-10-8-18(15-23(21)33-4)13-19-24(27)30-26(28-25(19)31)36-16(2)29-30/h5,7-10,13-15,27H,1,6,11-12H2,2-4H3/b19-13+,27-24?. The van der Waals surface area contributed by atoms with Crippen LogP contribution in [0.15, 0.2) is 64.7 Å². The second kappa shape index (κ2) is 11.1. The Hall–Kier alpha value is -4.05. The van der Waals surface area contributed by atoms with Gasteiger partial charge in [-0.25, -0.2) is 0 Å². The molecular weight excluding hydrogens is 480 g/mol. The number of methoxy groups -OCH3 is 2. The zero-order valence-corrected chi connectivity index (χ0v) is 21.1. The van der Waals surface area contributed by atoms with E-state index in [0.717, 1.165) is 17.0 Å². The van der Waals surface area contributed by atoms with E-state index in [1.54, 1.807) is 38.3 Å². The van der Waals surface area contributed by atoms with Crippen molar-refractivity contribution >= 4 is 39.8 Å². The van der Waals surface area contributed by atoms with E-state index in [1.165, 1.54) is 23.9 Å². The topological polar surface area (TPSA) is 106 Å². The molecule has 4 rings (SSSR count). The molecule has 10 heteroatoms. The highest BCUT2D eigenvalue weighted by molar-refractivity contribution is 8.26. The first-order valence-corrected chi connectivity index (χ1v) is 11.9. The average molecular weight is 507 g/mol. The number of carbonyl (C=O) groups is 1. The number of hydrogen-bond donors (Lipinski definition) is 1. The SMILES string of the molecule is C=CCc1ccc(OCCOc2ccc(/C=C3\C(=N)N4N=C(C)SC4=NC3=O)cc2OC)c(OC)c1. The number of fused-ring (bicyclic) bond motifs is 1. The van der Waals surface area contributed by atoms with Gasteiger partial charge in [-0.2, -0.15) is 15.1 Å². The Morgan fingerprint density at radius 3 is 2.36 bits per heavy atom. The van der Waals surface area contributed by atoms with Crippen LogP contribution < -0.4 is 18.9 Å². The number of thioether (sulfide) groups is 1. The molecule has 2 heterocycles. The molecule has 0 saturated carbocycles. The van der Waals surface area contributed by atoms with E-state index >= 15 is 0 Å². The molecule has 2 aliphatic rings. The fraction of sp³-hybridized carbons (Fsp3) is 0.231. The number of rotatable bonds is 10. The molecule has 0 spiro atoms. The summed E-state index contributed by atoms with van der Waals surface area (Å²) in [5.41, 5.74) is 1.90.